The fourth-order valence-electron chi connectivity index (χ4n) is 4.86. The number of piperidine rings is 1. The molecule has 3 heterocycles. The van der Waals surface area contributed by atoms with Crippen LogP contribution in [-0.2, 0) is 6.54 Å². The Bertz CT molecular complexity index is 1250. The highest BCUT2D eigenvalue weighted by atomic mass is 19.1. The van der Waals surface area contributed by atoms with Gasteiger partial charge in [0.2, 0.25) is 5.95 Å². The minimum atomic E-state index is -0.764. The number of nitrogen functional groups attached to an aromatic ring is 1. The fourth-order valence-corrected chi connectivity index (χ4v) is 4.86. The minimum Gasteiger partial charge on any atom is -0.496 e. The predicted molar refractivity (Wildman–Crippen MR) is 144 cm³/mol. The van der Waals surface area contributed by atoms with Gasteiger partial charge in [-0.25, -0.2) is 4.98 Å². The number of nitrogens with two attached hydrogens (primary N) is 1. The Kier molecular flexibility index (Phi) is 8.95. The number of aliphatic hydroxyl groups excluding tert-OH is 1. The summed E-state index contributed by atoms with van der Waals surface area (Å²) < 4.78 is 21.9. The monoisotopic (exact) mass is 528 g/mol. The first-order valence-electron chi connectivity index (χ1n) is 13.1. The molecule has 4 rings (SSSR count). The molecular formula is C26H37FN8O3. The molecule has 5 N–H and O–H groups in total. The van der Waals surface area contributed by atoms with Crippen molar-refractivity contribution in [2.24, 2.45) is 0 Å². The lowest BCUT2D eigenvalue weighted by atomic mass is 10.0. The highest BCUT2D eigenvalue weighted by molar-refractivity contribution is 5.95. The second-order valence-electron chi connectivity index (χ2n) is 9.80. The first-order valence-corrected chi connectivity index (χ1v) is 13.1. The Labute approximate surface area is 221 Å². The number of likely N-dealkylation sites (tertiary alicyclic amines) is 1. The van der Waals surface area contributed by atoms with E-state index >= 15 is 0 Å². The standard InChI is InChI=1S/C26H37FN8O3/c1-4-5-18(10-13-36)29-24-22-21(31-26(28)32-24)23(27)33-35(22)15-17-7-6-16(14-20(17)38-3)25(37)30-19-8-11-34(2)12-9-19/h6-7,14,18-19,36H,4-5,8-13,15H2,1-3H3,(H,30,37)(H3,28,29,31,32)/t18-/m0/s1. The van der Waals surface area contributed by atoms with E-state index < -0.39 is 5.95 Å². The molecule has 1 saturated heterocycles. The third-order valence-corrected chi connectivity index (χ3v) is 6.94. The summed E-state index contributed by atoms with van der Waals surface area (Å²) in [5.41, 5.74) is 7.43. The molecule has 1 aromatic carbocycles. The second kappa shape index (κ2) is 12.4. The number of amides is 1. The van der Waals surface area contributed by atoms with Gasteiger partial charge in [-0.15, -0.1) is 5.10 Å². The number of carbonyl (C=O) groups is 1. The lowest BCUT2D eigenvalue weighted by molar-refractivity contribution is 0.0916. The van der Waals surface area contributed by atoms with Gasteiger partial charge in [-0.2, -0.15) is 9.37 Å². The normalized spacial score (nSPS) is 15.5. The van der Waals surface area contributed by atoms with Gasteiger partial charge in [-0.1, -0.05) is 19.4 Å². The van der Waals surface area contributed by atoms with E-state index in [0.29, 0.717) is 34.6 Å². The molecule has 2 aromatic heterocycles. The average Bonchev–Trinajstić information content (AvgIpc) is 3.20. The Hall–Kier alpha value is -3.51. The van der Waals surface area contributed by atoms with Crippen molar-refractivity contribution < 1.29 is 19.0 Å². The maximum atomic E-state index is 14.9. The third-order valence-electron chi connectivity index (χ3n) is 6.94. The van der Waals surface area contributed by atoms with E-state index in [4.69, 9.17) is 10.5 Å². The van der Waals surface area contributed by atoms with Crippen LogP contribution in [0.25, 0.3) is 11.0 Å². The van der Waals surface area contributed by atoms with Crippen molar-refractivity contribution >= 4 is 28.7 Å². The molecule has 0 spiro atoms. The predicted octanol–water partition coefficient (Wildman–Crippen LogP) is 2.39. The van der Waals surface area contributed by atoms with Gasteiger partial charge in [0.05, 0.1) is 13.7 Å². The lowest BCUT2D eigenvalue weighted by Gasteiger charge is -2.29. The number of nitrogens with zero attached hydrogens (tertiary/aromatic N) is 5. The van der Waals surface area contributed by atoms with Crippen LogP contribution in [0.4, 0.5) is 16.2 Å². The van der Waals surface area contributed by atoms with Gasteiger partial charge in [0, 0.05) is 29.8 Å². The summed E-state index contributed by atoms with van der Waals surface area (Å²) in [7, 11) is 3.61. The number of hydrogen-bond donors (Lipinski definition) is 4. The molecule has 1 amide bonds. The number of benzene rings is 1. The average molecular weight is 529 g/mol. The summed E-state index contributed by atoms with van der Waals surface area (Å²) in [4.78, 5) is 23.5. The first kappa shape index (κ1) is 27.5. The molecule has 1 aliphatic heterocycles. The summed E-state index contributed by atoms with van der Waals surface area (Å²) in [5, 5.41) is 19.9. The van der Waals surface area contributed by atoms with Crippen molar-refractivity contribution in [3.63, 3.8) is 0 Å². The summed E-state index contributed by atoms with van der Waals surface area (Å²) in [6.45, 7) is 4.11. The van der Waals surface area contributed by atoms with Crippen molar-refractivity contribution in [1.29, 1.82) is 0 Å². The first-order chi connectivity index (χ1) is 18.3. The Balaban J connectivity index is 1.60. The highest BCUT2D eigenvalue weighted by Gasteiger charge is 2.23. The molecule has 11 nitrogen and oxygen atoms in total. The third kappa shape index (κ3) is 6.30. The molecule has 0 radical (unpaired) electrons. The van der Waals surface area contributed by atoms with Crippen LogP contribution in [0.2, 0.25) is 0 Å². The second-order valence-corrected chi connectivity index (χ2v) is 9.80. The maximum absolute atomic E-state index is 14.9. The fraction of sp³-hybridized carbons (Fsp3) is 0.538. The van der Waals surface area contributed by atoms with Crippen LogP contribution in [0.5, 0.6) is 5.75 Å². The molecule has 206 valence electrons. The van der Waals surface area contributed by atoms with E-state index in [1.54, 1.807) is 18.2 Å². The van der Waals surface area contributed by atoms with E-state index in [1.807, 2.05) is 6.92 Å². The lowest BCUT2D eigenvalue weighted by Crippen LogP contribution is -2.43. The highest BCUT2D eigenvalue weighted by Crippen LogP contribution is 2.28. The van der Waals surface area contributed by atoms with Crippen molar-refractivity contribution in [3.8, 4) is 5.75 Å². The van der Waals surface area contributed by atoms with Gasteiger partial charge in [0.25, 0.3) is 11.9 Å². The van der Waals surface area contributed by atoms with Gasteiger partial charge in [-0.3, -0.25) is 9.48 Å². The number of nitrogens with one attached hydrogen (secondary N) is 2. The number of methoxy groups -OCH3 is 1. The molecule has 0 saturated carbocycles. The number of hydrogen-bond acceptors (Lipinski definition) is 9. The van der Waals surface area contributed by atoms with Crippen molar-refractivity contribution in [2.45, 2.75) is 57.7 Å². The minimum absolute atomic E-state index is 0.00389. The number of rotatable bonds is 11. The zero-order valence-corrected chi connectivity index (χ0v) is 22.2. The van der Waals surface area contributed by atoms with Crippen LogP contribution in [0, 0.1) is 5.95 Å². The molecule has 1 fully saturated rings. The number of carbonyl (C=O) groups excluding carboxylic acids is 1. The largest absolute Gasteiger partial charge is 0.496 e. The summed E-state index contributed by atoms with van der Waals surface area (Å²) in [6, 6.07) is 5.27. The number of aliphatic hydroxyl groups is 1. The van der Waals surface area contributed by atoms with Gasteiger partial charge in [0.15, 0.2) is 11.3 Å². The molecule has 0 bridgehead atoms. The molecule has 1 aliphatic rings. The van der Waals surface area contributed by atoms with E-state index in [-0.39, 0.29) is 42.6 Å². The zero-order chi connectivity index (χ0) is 27.2. The molecule has 12 heteroatoms. The molecule has 38 heavy (non-hydrogen) atoms. The van der Waals surface area contributed by atoms with Crippen LogP contribution in [-0.4, -0.2) is 81.6 Å². The number of aromatic nitrogens is 4. The van der Waals surface area contributed by atoms with Crippen molar-refractivity contribution in [1.82, 2.24) is 30.0 Å². The van der Waals surface area contributed by atoms with E-state index in [2.05, 4.69) is 37.6 Å². The summed E-state index contributed by atoms with van der Waals surface area (Å²) in [6.07, 6.45) is 4.01. The number of halogens is 1. The molecule has 1 atom stereocenters. The van der Waals surface area contributed by atoms with Crippen LogP contribution < -0.4 is 21.1 Å². The van der Waals surface area contributed by atoms with Gasteiger partial charge < -0.3 is 31.1 Å². The maximum Gasteiger partial charge on any atom is 0.259 e. The summed E-state index contributed by atoms with van der Waals surface area (Å²) in [5.74, 6) is -0.153. The van der Waals surface area contributed by atoms with Crippen molar-refractivity contribution in [2.75, 3.05) is 44.9 Å². The number of anilines is 2. The van der Waals surface area contributed by atoms with Gasteiger partial charge in [-0.05, 0) is 58.0 Å². The number of ether oxygens (including phenoxy) is 1. The van der Waals surface area contributed by atoms with E-state index in [1.165, 1.54) is 11.8 Å². The van der Waals surface area contributed by atoms with E-state index in [0.717, 1.165) is 38.8 Å². The molecular weight excluding hydrogens is 491 g/mol. The van der Waals surface area contributed by atoms with E-state index in [9.17, 15) is 14.3 Å². The summed E-state index contributed by atoms with van der Waals surface area (Å²) >= 11 is 0. The van der Waals surface area contributed by atoms with Crippen LogP contribution in [0.1, 0.15) is 54.9 Å². The molecule has 3 aromatic rings. The Morgan fingerprint density at radius 1 is 1.29 bits per heavy atom. The smallest absolute Gasteiger partial charge is 0.259 e. The van der Waals surface area contributed by atoms with Crippen LogP contribution >= 0.6 is 0 Å². The Morgan fingerprint density at radius 2 is 2.05 bits per heavy atom. The van der Waals surface area contributed by atoms with Gasteiger partial charge >= 0.3 is 0 Å². The molecule has 0 unspecified atom stereocenters. The number of fused-ring (bicyclic) bond motifs is 1. The van der Waals surface area contributed by atoms with Crippen molar-refractivity contribution in [3.05, 3.63) is 35.3 Å². The quantitative estimate of drug-likeness (QED) is 0.295. The molecule has 0 aliphatic carbocycles. The topological polar surface area (TPSA) is 143 Å². The van der Waals surface area contributed by atoms with Crippen LogP contribution in [0.15, 0.2) is 18.2 Å². The Morgan fingerprint density at radius 3 is 2.74 bits per heavy atom. The SMILES string of the molecule is CCC[C@@H](CCO)Nc1nc(N)nc2c(F)nn(Cc3ccc(C(=O)NC4CCN(C)CC4)cc3OC)c12. The zero-order valence-electron chi connectivity index (χ0n) is 22.2. The van der Waals surface area contributed by atoms with Crippen LogP contribution in [0.3, 0.4) is 0 Å². The van der Waals surface area contributed by atoms with Gasteiger partial charge in [0.1, 0.15) is 11.3 Å².